The maximum absolute atomic E-state index is 12.8. The predicted molar refractivity (Wildman–Crippen MR) is 117 cm³/mol. The van der Waals surface area contributed by atoms with Gasteiger partial charge in [-0.25, -0.2) is 13.4 Å². The van der Waals surface area contributed by atoms with Gasteiger partial charge in [0, 0.05) is 29.7 Å². The van der Waals surface area contributed by atoms with Crippen molar-refractivity contribution in [2.45, 2.75) is 44.0 Å². The highest BCUT2D eigenvalue weighted by molar-refractivity contribution is 7.91. The fourth-order valence-electron chi connectivity index (χ4n) is 3.87. The van der Waals surface area contributed by atoms with Gasteiger partial charge < -0.3 is 9.88 Å². The first kappa shape index (κ1) is 20.3. The van der Waals surface area contributed by atoms with Gasteiger partial charge >= 0.3 is 0 Å². The number of carbonyl (C=O) groups excluding carboxylic acids is 1. The molecule has 6 nitrogen and oxygen atoms in total. The zero-order chi connectivity index (χ0) is 21.1. The van der Waals surface area contributed by atoms with Crippen molar-refractivity contribution >= 4 is 21.4 Å². The number of carbonyl (C=O) groups is 1. The Balaban J connectivity index is 1.55. The second kappa shape index (κ2) is 8.44. The quantitative estimate of drug-likeness (QED) is 0.640. The second-order valence-electron chi connectivity index (χ2n) is 7.53. The maximum atomic E-state index is 12.8. The minimum Gasteiger partial charge on any atom is -0.328 e. The maximum Gasteiger partial charge on any atom is 0.256 e. The summed E-state index contributed by atoms with van der Waals surface area (Å²) in [4.78, 5) is 17.4. The molecule has 156 valence electrons. The summed E-state index contributed by atoms with van der Waals surface area (Å²) >= 11 is 0. The third kappa shape index (κ3) is 4.03. The van der Waals surface area contributed by atoms with Crippen molar-refractivity contribution < 1.29 is 13.2 Å². The molecule has 3 aromatic rings. The van der Waals surface area contributed by atoms with Crippen molar-refractivity contribution in [1.82, 2.24) is 9.55 Å². The Morgan fingerprint density at radius 3 is 2.63 bits per heavy atom. The van der Waals surface area contributed by atoms with E-state index in [0.717, 1.165) is 30.8 Å². The van der Waals surface area contributed by atoms with Crippen LogP contribution in [0.3, 0.4) is 0 Å². The van der Waals surface area contributed by atoms with E-state index in [0.29, 0.717) is 12.1 Å². The van der Waals surface area contributed by atoms with Crippen LogP contribution < -0.4 is 5.32 Å². The zero-order valence-electron chi connectivity index (χ0n) is 17.0. The average molecular weight is 424 g/mol. The topological polar surface area (TPSA) is 81.1 Å². The highest BCUT2D eigenvalue weighted by Gasteiger charge is 2.21. The second-order valence-corrected chi connectivity index (χ2v) is 9.61. The molecule has 0 spiro atoms. The first-order valence-electron chi connectivity index (χ1n) is 10.3. The van der Waals surface area contributed by atoms with Crippen LogP contribution in [0.4, 0.5) is 5.69 Å². The molecule has 1 amide bonds. The Kier molecular flexibility index (Phi) is 5.72. The van der Waals surface area contributed by atoms with Crippen molar-refractivity contribution in [2.24, 2.45) is 0 Å². The highest BCUT2D eigenvalue weighted by atomic mass is 32.2. The van der Waals surface area contributed by atoms with Gasteiger partial charge in [0.1, 0.15) is 5.82 Å². The van der Waals surface area contributed by atoms with Gasteiger partial charge in [0.2, 0.25) is 0 Å². The van der Waals surface area contributed by atoms with Gasteiger partial charge in [-0.05, 0) is 62.1 Å². The fraction of sp³-hybridized carbons (Fsp3) is 0.304. The lowest BCUT2D eigenvalue weighted by Gasteiger charge is -2.16. The summed E-state index contributed by atoms with van der Waals surface area (Å²) in [5.74, 6) is 0.524. The van der Waals surface area contributed by atoms with E-state index in [1.807, 2.05) is 30.5 Å². The van der Waals surface area contributed by atoms with E-state index in [2.05, 4.69) is 14.9 Å². The Hall–Kier alpha value is -2.93. The molecule has 30 heavy (non-hydrogen) atoms. The number of benzene rings is 2. The largest absolute Gasteiger partial charge is 0.328 e. The van der Waals surface area contributed by atoms with Crippen LogP contribution >= 0.6 is 0 Å². The lowest BCUT2D eigenvalue weighted by atomic mass is 10.1. The first-order valence-corrected chi connectivity index (χ1v) is 11.9. The minimum atomic E-state index is -3.50. The van der Waals surface area contributed by atoms with E-state index in [-0.39, 0.29) is 16.2 Å². The normalized spacial score (nSPS) is 13.6. The Bertz CT molecular complexity index is 1160. The number of hydrogen-bond donors (Lipinski definition) is 1. The van der Waals surface area contributed by atoms with Crippen LogP contribution in [0, 0.1) is 0 Å². The van der Waals surface area contributed by atoms with Gasteiger partial charge in [-0.3, -0.25) is 4.79 Å². The number of imidazole rings is 1. The summed E-state index contributed by atoms with van der Waals surface area (Å²) in [7, 11) is -3.50. The van der Waals surface area contributed by atoms with Gasteiger partial charge in [-0.1, -0.05) is 19.1 Å². The van der Waals surface area contributed by atoms with Gasteiger partial charge in [0.05, 0.1) is 16.2 Å². The van der Waals surface area contributed by atoms with Gasteiger partial charge in [0.15, 0.2) is 9.84 Å². The monoisotopic (exact) mass is 423 g/mol. The Morgan fingerprint density at radius 2 is 1.87 bits per heavy atom. The average Bonchev–Trinajstić information content (AvgIpc) is 3.18. The molecule has 0 aliphatic carbocycles. The molecule has 7 heteroatoms. The number of rotatable bonds is 6. The Labute approximate surface area is 176 Å². The third-order valence-corrected chi connectivity index (χ3v) is 7.32. The lowest BCUT2D eigenvalue weighted by molar-refractivity contribution is 0.102. The highest BCUT2D eigenvalue weighted by Crippen LogP contribution is 2.26. The number of fused-ring (bicyclic) bond motifs is 1. The van der Waals surface area contributed by atoms with Crippen molar-refractivity contribution in [3.8, 4) is 11.4 Å². The summed E-state index contributed by atoms with van der Waals surface area (Å²) in [5, 5.41) is 2.82. The molecule has 2 heterocycles. The summed E-state index contributed by atoms with van der Waals surface area (Å²) < 4.78 is 27.3. The molecule has 0 saturated heterocycles. The summed E-state index contributed by atoms with van der Waals surface area (Å²) in [5.41, 5.74) is 3.03. The third-order valence-electron chi connectivity index (χ3n) is 5.34. The standard InChI is InChI=1S/C23H25N3O3S/c1-2-15-30(28,29)21-9-4-3-8-20(21)23(27)25-18-12-10-17(11-13-18)22-24-16-19-7-5-6-14-26(19)22/h3-4,8-13,16H,2,5-7,14-15H2,1H3,(H,25,27). The molecule has 1 N–H and O–H groups in total. The Morgan fingerprint density at radius 1 is 1.10 bits per heavy atom. The molecule has 0 saturated carbocycles. The van der Waals surface area contributed by atoms with E-state index in [1.165, 1.54) is 18.2 Å². The summed E-state index contributed by atoms with van der Waals surface area (Å²) in [6.45, 7) is 2.78. The van der Waals surface area contributed by atoms with Gasteiger partial charge in [-0.15, -0.1) is 0 Å². The smallest absolute Gasteiger partial charge is 0.256 e. The van der Waals surface area contributed by atoms with Crippen LogP contribution in [0.2, 0.25) is 0 Å². The van der Waals surface area contributed by atoms with Crippen molar-refractivity contribution in [2.75, 3.05) is 11.1 Å². The molecule has 0 fully saturated rings. The molecular formula is C23H25N3O3S. The van der Waals surface area contributed by atoms with Crippen LogP contribution in [0.15, 0.2) is 59.6 Å². The van der Waals surface area contributed by atoms with Crippen LogP contribution in [-0.2, 0) is 22.8 Å². The van der Waals surface area contributed by atoms with Crippen molar-refractivity contribution in [1.29, 1.82) is 0 Å². The van der Waals surface area contributed by atoms with E-state index >= 15 is 0 Å². The molecule has 1 aliphatic heterocycles. The molecule has 2 aromatic carbocycles. The summed E-state index contributed by atoms with van der Waals surface area (Å²) in [6, 6.07) is 13.8. The molecule has 0 radical (unpaired) electrons. The predicted octanol–water partition coefficient (Wildman–Crippen LogP) is 4.32. The van der Waals surface area contributed by atoms with Crippen LogP contribution in [0.25, 0.3) is 11.4 Å². The molecule has 0 bridgehead atoms. The van der Waals surface area contributed by atoms with Crippen LogP contribution in [-0.4, -0.2) is 29.6 Å². The minimum absolute atomic E-state index is 0.0145. The zero-order valence-corrected chi connectivity index (χ0v) is 17.8. The molecule has 0 unspecified atom stereocenters. The number of aromatic nitrogens is 2. The first-order chi connectivity index (χ1) is 14.5. The number of hydrogen-bond acceptors (Lipinski definition) is 4. The molecule has 0 atom stereocenters. The van der Waals surface area contributed by atoms with Crippen LogP contribution in [0.5, 0.6) is 0 Å². The number of aryl methyl sites for hydroxylation is 1. The van der Waals surface area contributed by atoms with Gasteiger partial charge in [0.25, 0.3) is 5.91 Å². The van der Waals surface area contributed by atoms with E-state index in [1.54, 1.807) is 25.1 Å². The van der Waals surface area contributed by atoms with E-state index in [4.69, 9.17) is 0 Å². The lowest BCUT2D eigenvalue weighted by Crippen LogP contribution is -2.17. The number of sulfone groups is 1. The fourth-order valence-corrected chi connectivity index (χ4v) is 5.41. The van der Waals surface area contributed by atoms with E-state index in [9.17, 15) is 13.2 Å². The van der Waals surface area contributed by atoms with Gasteiger partial charge in [-0.2, -0.15) is 0 Å². The molecule has 1 aliphatic rings. The molecule has 1 aromatic heterocycles. The number of nitrogens with one attached hydrogen (secondary N) is 1. The molecular weight excluding hydrogens is 398 g/mol. The SMILES string of the molecule is CCCS(=O)(=O)c1ccccc1C(=O)Nc1ccc(-c2ncc3n2CCCC3)cc1. The summed E-state index contributed by atoms with van der Waals surface area (Å²) in [6.07, 6.45) is 5.85. The number of amides is 1. The number of nitrogens with zero attached hydrogens (tertiary/aromatic N) is 2. The molecule has 4 rings (SSSR count). The number of anilines is 1. The van der Waals surface area contributed by atoms with Crippen LogP contribution in [0.1, 0.15) is 42.2 Å². The van der Waals surface area contributed by atoms with Crippen molar-refractivity contribution in [3.63, 3.8) is 0 Å². The van der Waals surface area contributed by atoms with Crippen molar-refractivity contribution in [3.05, 3.63) is 66.0 Å². The van der Waals surface area contributed by atoms with E-state index < -0.39 is 15.7 Å².